The quantitative estimate of drug-likeness (QED) is 0.898. The molecule has 1 N–H and O–H groups in total. The number of rotatable bonds is 4. The van der Waals surface area contributed by atoms with Crippen LogP contribution in [0, 0.1) is 0 Å². The second kappa shape index (κ2) is 6.64. The van der Waals surface area contributed by atoms with Crippen LogP contribution in [0.1, 0.15) is 30.3 Å². The lowest BCUT2D eigenvalue weighted by molar-refractivity contribution is -0.121. The van der Waals surface area contributed by atoms with Gasteiger partial charge in [0.05, 0.1) is 17.4 Å². The molecule has 3 heterocycles. The normalized spacial score (nSPS) is 18.0. The van der Waals surface area contributed by atoms with Gasteiger partial charge in [-0.05, 0) is 19.8 Å². The third-order valence-electron chi connectivity index (χ3n) is 4.12. The standard InChI is InChI=1S/C15H19ClN6O2/c1-3-22-13(10(16)9-18-22)14(23)19-11-5-4-8-21(15(11)24)12-6-7-17-20(12)2/h6-7,9,11H,3-5,8H2,1-2H3,(H,19,23). The van der Waals surface area contributed by atoms with Crippen molar-refractivity contribution >= 4 is 29.2 Å². The van der Waals surface area contributed by atoms with Gasteiger partial charge >= 0.3 is 0 Å². The summed E-state index contributed by atoms with van der Waals surface area (Å²) in [5, 5.41) is 11.2. The molecule has 128 valence electrons. The fourth-order valence-electron chi connectivity index (χ4n) is 2.92. The van der Waals surface area contributed by atoms with E-state index in [0.29, 0.717) is 19.5 Å². The van der Waals surface area contributed by atoms with Crippen LogP contribution in [0.2, 0.25) is 5.02 Å². The average Bonchev–Trinajstić information content (AvgIpc) is 3.15. The Morgan fingerprint density at radius 2 is 2.25 bits per heavy atom. The van der Waals surface area contributed by atoms with Gasteiger partial charge in [0.15, 0.2) is 0 Å². The van der Waals surface area contributed by atoms with Gasteiger partial charge in [-0.2, -0.15) is 10.2 Å². The number of nitrogens with zero attached hydrogens (tertiary/aromatic N) is 5. The average molecular weight is 351 g/mol. The predicted octanol–water partition coefficient (Wildman–Crippen LogP) is 1.22. The predicted molar refractivity (Wildman–Crippen MR) is 89.0 cm³/mol. The highest BCUT2D eigenvalue weighted by molar-refractivity contribution is 6.33. The molecule has 3 rings (SSSR count). The monoisotopic (exact) mass is 350 g/mol. The topological polar surface area (TPSA) is 85.1 Å². The summed E-state index contributed by atoms with van der Waals surface area (Å²) in [7, 11) is 1.78. The molecule has 1 unspecified atom stereocenters. The van der Waals surface area contributed by atoms with Crippen molar-refractivity contribution in [1.82, 2.24) is 24.9 Å². The molecule has 0 radical (unpaired) electrons. The number of piperidine rings is 1. The molecule has 2 aromatic rings. The lowest BCUT2D eigenvalue weighted by Crippen LogP contribution is -2.53. The number of aromatic nitrogens is 4. The zero-order chi connectivity index (χ0) is 17.3. The molecule has 24 heavy (non-hydrogen) atoms. The summed E-state index contributed by atoms with van der Waals surface area (Å²) in [5.74, 6) is 0.192. The van der Waals surface area contributed by atoms with Gasteiger partial charge in [0, 0.05) is 26.2 Å². The van der Waals surface area contributed by atoms with Gasteiger partial charge < -0.3 is 5.32 Å². The van der Waals surface area contributed by atoms with Crippen molar-refractivity contribution in [2.75, 3.05) is 11.4 Å². The summed E-state index contributed by atoms with van der Waals surface area (Å²) >= 11 is 6.05. The van der Waals surface area contributed by atoms with Crippen LogP contribution in [0.3, 0.4) is 0 Å². The molecule has 0 saturated carbocycles. The van der Waals surface area contributed by atoms with Crippen molar-refractivity contribution < 1.29 is 9.59 Å². The molecule has 0 bridgehead atoms. The Hall–Kier alpha value is -2.35. The van der Waals surface area contributed by atoms with Crippen LogP contribution in [0.5, 0.6) is 0 Å². The molecular formula is C15H19ClN6O2. The van der Waals surface area contributed by atoms with Crippen LogP contribution in [0.25, 0.3) is 0 Å². The molecule has 1 atom stereocenters. The summed E-state index contributed by atoms with van der Waals surface area (Å²) in [6.07, 6.45) is 4.47. The minimum Gasteiger partial charge on any atom is -0.339 e. The highest BCUT2D eigenvalue weighted by Gasteiger charge is 2.33. The van der Waals surface area contributed by atoms with Gasteiger partial charge in [-0.1, -0.05) is 11.6 Å². The number of hydrogen-bond donors (Lipinski definition) is 1. The van der Waals surface area contributed by atoms with Crippen molar-refractivity contribution in [2.45, 2.75) is 32.4 Å². The lowest BCUT2D eigenvalue weighted by atomic mass is 10.0. The summed E-state index contributed by atoms with van der Waals surface area (Å²) in [4.78, 5) is 26.9. The van der Waals surface area contributed by atoms with Gasteiger partial charge in [-0.15, -0.1) is 0 Å². The van der Waals surface area contributed by atoms with E-state index >= 15 is 0 Å². The third kappa shape index (κ3) is 2.89. The molecule has 8 nitrogen and oxygen atoms in total. The molecule has 1 aliphatic rings. The van der Waals surface area contributed by atoms with Crippen LogP contribution in [0.15, 0.2) is 18.5 Å². The van der Waals surface area contributed by atoms with E-state index < -0.39 is 6.04 Å². The second-order valence-electron chi connectivity index (χ2n) is 5.63. The van der Waals surface area contributed by atoms with E-state index in [0.717, 1.165) is 12.2 Å². The van der Waals surface area contributed by atoms with Gasteiger partial charge in [-0.3, -0.25) is 23.9 Å². The Bertz CT molecular complexity index is 768. The van der Waals surface area contributed by atoms with Crippen LogP contribution in [-0.2, 0) is 18.4 Å². The first kappa shape index (κ1) is 16.5. The Morgan fingerprint density at radius 1 is 1.46 bits per heavy atom. The lowest BCUT2D eigenvalue weighted by Gasteiger charge is -2.32. The minimum atomic E-state index is -0.586. The molecule has 0 aliphatic carbocycles. The number of hydrogen-bond acceptors (Lipinski definition) is 4. The zero-order valence-corrected chi connectivity index (χ0v) is 14.3. The van der Waals surface area contributed by atoms with Crippen molar-refractivity contribution in [3.05, 3.63) is 29.2 Å². The summed E-state index contributed by atoms with van der Waals surface area (Å²) < 4.78 is 3.16. The smallest absolute Gasteiger partial charge is 0.271 e. The molecule has 0 spiro atoms. The van der Waals surface area contributed by atoms with Crippen LogP contribution < -0.4 is 10.2 Å². The third-order valence-corrected chi connectivity index (χ3v) is 4.40. The molecule has 2 aromatic heterocycles. The summed E-state index contributed by atoms with van der Waals surface area (Å²) in [5.41, 5.74) is 0.282. The van der Waals surface area contributed by atoms with E-state index in [2.05, 4.69) is 15.5 Å². The number of halogens is 1. The first-order valence-corrected chi connectivity index (χ1v) is 8.22. The fraction of sp³-hybridized carbons (Fsp3) is 0.467. The first-order valence-electron chi connectivity index (χ1n) is 7.84. The van der Waals surface area contributed by atoms with E-state index in [-0.39, 0.29) is 22.5 Å². The molecule has 1 saturated heterocycles. The second-order valence-corrected chi connectivity index (χ2v) is 6.04. The Morgan fingerprint density at radius 3 is 2.92 bits per heavy atom. The van der Waals surface area contributed by atoms with Crippen LogP contribution >= 0.6 is 11.6 Å². The molecule has 9 heteroatoms. The van der Waals surface area contributed by atoms with E-state index in [4.69, 9.17) is 11.6 Å². The van der Waals surface area contributed by atoms with Gasteiger partial charge in [0.25, 0.3) is 11.8 Å². The maximum atomic E-state index is 12.7. The maximum Gasteiger partial charge on any atom is 0.271 e. The minimum absolute atomic E-state index is 0.142. The number of amides is 2. The van der Waals surface area contributed by atoms with Gasteiger partial charge in [0.1, 0.15) is 17.6 Å². The van der Waals surface area contributed by atoms with Gasteiger partial charge in [0.2, 0.25) is 0 Å². The van der Waals surface area contributed by atoms with E-state index in [1.165, 1.54) is 10.9 Å². The number of nitrogens with one attached hydrogen (secondary N) is 1. The summed E-state index contributed by atoms with van der Waals surface area (Å²) in [6.45, 7) is 3.00. The maximum absolute atomic E-state index is 12.7. The van der Waals surface area contributed by atoms with Crippen molar-refractivity contribution in [2.24, 2.45) is 7.05 Å². The highest BCUT2D eigenvalue weighted by Crippen LogP contribution is 2.21. The Balaban J connectivity index is 1.77. The van der Waals surface area contributed by atoms with E-state index in [1.807, 2.05) is 6.92 Å². The number of carbonyl (C=O) groups is 2. The first-order chi connectivity index (χ1) is 11.5. The Labute approximate surface area is 144 Å². The highest BCUT2D eigenvalue weighted by atomic mass is 35.5. The Kier molecular flexibility index (Phi) is 4.57. The molecular weight excluding hydrogens is 332 g/mol. The fourth-order valence-corrected chi connectivity index (χ4v) is 3.15. The van der Waals surface area contributed by atoms with Crippen molar-refractivity contribution in [3.63, 3.8) is 0 Å². The molecule has 1 aliphatic heterocycles. The number of anilines is 1. The molecule has 2 amide bonds. The van der Waals surface area contributed by atoms with E-state index in [9.17, 15) is 9.59 Å². The largest absolute Gasteiger partial charge is 0.339 e. The van der Waals surface area contributed by atoms with Crippen LogP contribution in [-0.4, -0.2) is 44.0 Å². The SMILES string of the molecule is CCn1ncc(Cl)c1C(=O)NC1CCCN(c2ccnn2C)C1=O. The zero-order valence-electron chi connectivity index (χ0n) is 13.6. The molecule has 0 aromatic carbocycles. The summed E-state index contributed by atoms with van der Waals surface area (Å²) in [6, 6.07) is 1.20. The van der Waals surface area contributed by atoms with Gasteiger partial charge in [-0.25, -0.2) is 0 Å². The number of aryl methyl sites for hydroxylation is 2. The number of carbonyl (C=O) groups excluding carboxylic acids is 2. The van der Waals surface area contributed by atoms with Crippen LogP contribution in [0.4, 0.5) is 5.82 Å². The van der Waals surface area contributed by atoms with E-state index in [1.54, 1.807) is 28.9 Å². The molecule has 1 fully saturated rings. The van der Waals surface area contributed by atoms with Crippen molar-refractivity contribution in [3.8, 4) is 0 Å². The van der Waals surface area contributed by atoms with Crippen molar-refractivity contribution in [1.29, 1.82) is 0 Å².